The van der Waals surface area contributed by atoms with Crippen molar-refractivity contribution < 1.29 is 4.79 Å². The molecule has 150 valence electrons. The van der Waals surface area contributed by atoms with Gasteiger partial charge >= 0.3 is 0 Å². The van der Waals surface area contributed by atoms with E-state index in [2.05, 4.69) is 39.3 Å². The van der Waals surface area contributed by atoms with Crippen LogP contribution in [-0.4, -0.2) is 27.4 Å². The number of carbonyl (C=O) groups is 1. The third-order valence-corrected chi connectivity index (χ3v) is 5.09. The third-order valence-electron chi connectivity index (χ3n) is 5.09. The maximum absolute atomic E-state index is 12.5. The minimum atomic E-state index is -0.201. The van der Waals surface area contributed by atoms with Crippen molar-refractivity contribution in [2.45, 2.75) is 39.0 Å². The molecule has 0 aliphatic heterocycles. The lowest BCUT2D eigenvalue weighted by molar-refractivity contribution is -0.121. The average molecular weight is 390 g/mol. The second kappa shape index (κ2) is 9.78. The molecule has 0 bridgehead atoms. The number of nitrogens with zero attached hydrogens (tertiary/aromatic N) is 2. The fraction of sp³-hybridized carbons (Fsp3) is 0.304. The van der Waals surface area contributed by atoms with Crippen LogP contribution < -0.4 is 10.9 Å². The van der Waals surface area contributed by atoms with Crippen molar-refractivity contribution in [3.63, 3.8) is 0 Å². The number of hydrogen-bond acceptors (Lipinski definition) is 4. The van der Waals surface area contributed by atoms with Gasteiger partial charge < -0.3 is 10.3 Å². The second-order valence-corrected chi connectivity index (χ2v) is 7.03. The Balaban J connectivity index is 1.59. The molecule has 2 N–H and O–H groups in total. The number of aryl methyl sites for hydroxylation is 1. The third kappa shape index (κ3) is 5.38. The fourth-order valence-corrected chi connectivity index (χ4v) is 3.34. The molecule has 3 rings (SSSR count). The molecule has 0 saturated heterocycles. The summed E-state index contributed by atoms with van der Waals surface area (Å²) in [7, 11) is 0. The molecule has 0 saturated carbocycles. The highest BCUT2D eigenvalue weighted by atomic mass is 16.1. The Morgan fingerprint density at radius 2 is 1.86 bits per heavy atom. The molecule has 1 atom stereocenters. The Kier molecular flexibility index (Phi) is 6.89. The summed E-state index contributed by atoms with van der Waals surface area (Å²) in [6.45, 7) is 4.51. The Morgan fingerprint density at radius 3 is 2.52 bits per heavy atom. The highest BCUT2D eigenvalue weighted by Crippen LogP contribution is 2.18. The Bertz CT molecular complexity index is 1000. The highest BCUT2D eigenvalue weighted by molar-refractivity contribution is 5.76. The molecule has 6 nitrogen and oxygen atoms in total. The maximum Gasteiger partial charge on any atom is 0.254 e. The summed E-state index contributed by atoms with van der Waals surface area (Å²) in [5.74, 6) is 0.736. The molecule has 29 heavy (non-hydrogen) atoms. The second-order valence-electron chi connectivity index (χ2n) is 7.03. The van der Waals surface area contributed by atoms with Crippen LogP contribution in [0.25, 0.3) is 11.4 Å². The number of rotatable bonds is 8. The van der Waals surface area contributed by atoms with Gasteiger partial charge in [-0.1, -0.05) is 37.3 Å². The van der Waals surface area contributed by atoms with Gasteiger partial charge in [-0.05, 0) is 37.5 Å². The monoisotopic (exact) mass is 390 g/mol. The van der Waals surface area contributed by atoms with Crippen molar-refractivity contribution in [2.75, 3.05) is 6.54 Å². The number of pyridine rings is 1. The van der Waals surface area contributed by atoms with Crippen molar-refractivity contribution in [3.8, 4) is 11.4 Å². The molecule has 2 heterocycles. The Hall–Kier alpha value is -3.28. The number of aromatic nitrogens is 3. The van der Waals surface area contributed by atoms with Crippen LogP contribution in [0.5, 0.6) is 0 Å². The van der Waals surface area contributed by atoms with E-state index in [0.717, 1.165) is 12.0 Å². The van der Waals surface area contributed by atoms with Crippen LogP contribution in [0.2, 0.25) is 0 Å². The van der Waals surface area contributed by atoms with E-state index in [1.54, 1.807) is 31.5 Å². The summed E-state index contributed by atoms with van der Waals surface area (Å²) in [6, 6.07) is 13.8. The minimum absolute atomic E-state index is 0.0589. The Morgan fingerprint density at radius 1 is 1.14 bits per heavy atom. The molecular weight excluding hydrogens is 364 g/mol. The first-order valence-corrected chi connectivity index (χ1v) is 9.90. The van der Waals surface area contributed by atoms with Gasteiger partial charge in [0.1, 0.15) is 5.82 Å². The number of benzene rings is 1. The smallest absolute Gasteiger partial charge is 0.254 e. The first kappa shape index (κ1) is 20.5. The molecule has 0 aliphatic rings. The molecule has 2 aromatic heterocycles. The number of hydrogen-bond donors (Lipinski definition) is 2. The predicted octanol–water partition coefficient (Wildman–Crippen LogP) is 3.38. The van der Waals surface area contributed by atoms with E-state index in [1.165, 1.54) is 5.56 Å². The first-order chi connectivity index (χ1) is 14.1. The SMILES string of the molecule is CCC(CNC(=O)CCc1c(C)nc(-c2ccncc2)[nH]c1=O)c1ccccc1. The largest absolute Gasteiger partial charge is 0.355 e. The lowest BCUT2D eigenvalue weighted by Crippen LogP contribution is -2.29. The van der Waals surface area contributed by atoms with E-state index in [-0.39, 0.29) is 23.8 Å². The van der Waals surface area contributed by atoms with E-state index in [9.17, 15) is 9.59 Å². The van der Waals surface area contributed by atoms with Gasteiger partial charge in [0.05, 0.1) is 0 Å². The summed E-state index contributed by atoms with van der Waals surface area (Å²) in [6.07, 6.45) is 4.87. The number of H-pyrrole nitrogens is 1. The predicted molar refractivity (Wildman–Crippen MR) is 114 cm³/mol. The molecule has 1 amide bonds. The van der Waals surface area contributed by atoms with Gasteiger partial charge in [-0.15, -0.1) is 0 Å². The van der Waals surface area contributed by atoms with E-state index in [4.69, 9.17) is 0 Å². The molecular formula is C23H26N4O2. The van der Waals surface area contributed by atoms with Gasteiger partial charge in [0, 0.05) is 48.1 Å². The molecule has 0 radical (unpaired) electrons. The zero-order chi connectivity index (χ0) is 20.6. The normalized spacial score (nSPS) is 11.8. The van der Waals surface area contributed by atoms with E-state index >= 15 is 0 Å². The first-order valence-electron chi connectivity index (χ1n) is 9.90. The summed E-state index contributed by atoms with van der Waals surface area (Å²) >= 11 is 0. The van der Waals surface area contributed by atoms with E-state index < -0.39 is 0 Å². The lowest BCUT2D eigenvalue weighted by atomic mass is 9.96. The summed E-state index contributed by atoms with van der Waals surface area (Å²) in [5, 5.41) is 3.00. The number of nitrogens with one attached hydrogen (secondary N) is 2. The van der Waals surface area contributed by atoms with Crippen molar-refractivity contribution in [1.82, 2.24) is 20.3 Å². The summed E-state index contributed by atoms with van der Waals surface area (Å²) in [5.41, 5.74) is 3.01. The number of aromatic amines is 1. The number of amides is 1. The topological polar surface area (TPSA) is 87.7 Å². The minimum Gasteiger partial charge on any atom is -0.355 e. The number of carbonyl (C=O) groups excluding carboxylic acids is 1. The van der Waals surface area contributed by atoms with Crippen LogP contribution in [0.15, 0.2) is 59.7 Å². The van der Waals surface area contributed by atoms with Gasteiger partial charge in [-0.25, -0.2) is 4.98 Å². The molecule has 1 unspecified atom stereocenters. The van der Waals surface area contributed by atoms with E-state index in [0.29, 0.717) is 30.0 Å². The molecule has 0 spiro atoms. The van der Waals surface area contributed by atoms with Crippen molar-refractivity contribution in [3.05, 3.63) is 82.0 Å². The summed E-state index contributed by atoms with van der Waals surface area (Å²) < 4.78 is 0. The maximum atomic E-state index is 12.5. The van der Waals surface area contributed by atoms with Crippen molar-refractivity contribution in [2.24, 2.45) is 0 Å². The quantitative estimate of drug-likeness (QED) is 0.617. The van der Waals surface area contributed by atoms with Crippen LogP contribution in [-0.2, 0) is 11.2 Å². The standard InChI is InChI=1S/C23H26N4O2/c1-3-17(18-7-5-4-6-8-18)15-25-21(28)10-9-20-16(2)26-22(27-23(20)29)19-11-13-24-14-12-19/h4-8,11-14,17H,3,9-10,15H2,1-2H3,(H,25,28)(H,26,27,29). The molecule has 6 heteroatoms. The van der Waals surface area contributed by atoms with Crippen molar-refractivity contribution >= 4 is 5.91 Å². The molecule has 1 aromatic carbocycles. The molecule has 0 aliphatic carbocycles. The summed E-state index contributed by atoms with van der Waals surface area (Å²) in [4.78, 5) is 36.1. The van der Waals surface area contributed by atoms with Crippen LogP contribution >= 0.6 is 0 Å². The van der Waals surface area contributed by atoms with Gasteiger partial charge in [0.25, 0.3) is 5.56 Å². The molecule has 3 aromatic rings. The lowest BCUT2D eigenvalue weighted by Gasteiger charge is -2.16. The van der Waals surface area contributed by atoms with Gasteiger partial charge in [0.2, 0.25) is 5.91 Å². The van der Waals surface area contributed by atoms with E-state index in [1.807, 2.05) is 18.2 Å². The van der Waals surface area contributed by atoms with Crippen LogP contribution in [0.4, 0.5) is 0 Å². The Labute approximate surface area is 170 Å². The zero-order valence-electron chi connectivity index (χ0n) is 16.8. The molecule has 0 fully saturated rings. The average Bonchev–Trinajstić information content (AvgIpc) is 2.75. The zero-order valence-corrected chi connectivity index (χ0v) is 16.8. The van der Waals surface area contributed by atoms with Crippen LogP contribution in [0.3, 0.4) is 0 Å². The van der Waals surface area contributed by atoms with Crippen LogP contribution in [0.1, 0.15) is 42.5 Å². The van der Waals surface area contributed by atoms with Crippen molar-refractivity contribution in [1.29, 1.82) is 0 Å². The van der Waals surface area contributed by atoms with Gasteiger partial charge in [0.15, 0.2) is 0 Å². The fourth-order valence-electron chi connectivity index (χ4n) is 3.34. The van der Waals surface area contributed by atoms with Gasteiger partial charge in [-0.2, -0.15) is 0 Å². The van der Waals surface area contributed by atoms with Crippen LogP contribution in [0, 0.1) is 6.92 Å². The van der Waals surface area contributed by atoms with Gasteiger partial charge in [-0.3, -0.25) is 14.6 Å². The highest BCUT2D eigenvalue weighted by Gasteiger charge is 2.14.